The molecule has 1 amide bonds. The van der Waals surface area contributed by atoms with Crippen LogP contribution in [0.4, 0.5) is 0 Å². The molecule has 0 aromatic heterocycles. The van der Waals surface area contributed by atoms with Crippen LogP contribution in [0.25, 0.3) is 0 Å². The fourth-order valence-electron chi connectivity index (χ4n) is 4.85. The Labute approximate surface area is 266 Å². The monoisotopic (exact) mass is 713 g/mol. The average molecular weight is 714 g/mol. The van der Waals surface area contributed by atoms with E-state index in [4.69, 9.17) is 28.1 Å². The molecular formula is C24H43NO19S2. The highest BCUT2D eigenvalue weighted by Crippen LogP contribution is 2.31. The van der Waals surface area contributed by atoms with Crippen molar-refractivity contribution in [2.24, 2.45) is 0 Å². The van der Waals surface area contributed by atoms with E-state index in [-0.39, 0.29) is 12.6 Å². The summed E-state index contributed by atoms with van der Waals surface area (Å²) in [4.78, 5) is 23.3. The standard InChI is InChI=1S/C24H43NO19S2/c1-13(27)25-17-21(18(29)14(11-26)41-23(17)39-10-8-6-4-3-5-7-9-16(28)38-2)43-24-20(31)22(44-46(35,36)37)19(30)15(42-24)12-40-45(32,33)34/h14-15,17-24,26,29-31H,3-12H2,1-2H3,(H,25,27)(H,32,33,34)(H,35,36,37)/t14-,15-,17+,18-,19+,20-,21-,22+,23+,24+/m1/s1. The molecule has 0 saturated carbocycles. The Hall–Kier alpha value is -1.64. The molecule has 0 bridgehead atoms. The Morgan fingerprint density at radius 2 is 1.39 bits per heavy atom. The SMILES string of the molecule is COC(=O)CCCCCCCCO[C@H]1O[C@H](CO)[C@@H](O)[C@H](O[C@@H]2O[C@H](COS(=O)(=O)O)[C@H](O)[C@H](OS(=O)(=O)O)[C@H]2O)[C@@H]1NC(C)=O. The number of ether oxygens (including phenoxy) is 5. The lowest BCUT2D eigenvalue weighted by molar-refractivity contribution is -0.342. The Morgan fingerprint density at radius 3 is 1.96 bits per heavy atom. The highest BCUT2D eigenvalue weighted by molar-refractivity contribution is 7.81. The third-order valence-corrected chi connectivity index (χ3v) is 7.95. The molecule has 22 heteroatoms. The number of esters is 1. The van der Waals surface area contributed by atoms with Gasteiger partial charge >= 0.3 is 26.8 Å². The van der Waals surface area contributed by atoms with Gasteiger partial charge in [0.2, 0.25) is 5.91 Å². The van der Waals surface area contributed by atoms with E-state index in [1.165, 1.54) is 7.11 Å². The van der Waals surface area contributed by atoms with Gasteiger partial charge in [-0.15, -0.1) is 0 Å². The van der Waals surface area contributed by atoms with E-state index in [9.17, 15) is 46.9 Å². The molecule has 2 fully saturated rings. The molecule has 10 atom stereocenters. The first-order chi connectivity index (χ1) is 21.5. The van der Waals surface area contributed by atoms with E-state index in [2.05, 4.69) is 18.4 Å². The first kappa shape index (κ1) is 40.5. The van der Waals surface area contributed by atoms with Gasteiger partial charge in [0.05, 0.1) is 20.3 Å². The number of hydrogen-bond donors (Lipinski definition) is 7. The lowest BCUT2D eigenvalue weighted by atomic mass is 9.95. The van der Waals surface area contributed by atoms with Crippen LogP contribution in [0.3, 0.4) is 0 Å². The maximum absolute atomic E-state index is 12.1. The maximum atomic E-state index is 12.1. The van der Waals surface area contributed by atoms with E-state index in [1.54, 1.807) is 0 Å². The molecule has 2 saturated heterocycles. The largest absolute Gasteiger partial charge is 0.469 e. The zero-order valence-corrected chi connectivity index (χ0v) is 26.8. The van der Waals surface area contributed by atoms with Crippen molar-refractivity contribution in [2.75, 3.05) is 26.9 Å². The van der Waals surface area contributed by atoms with Crippen LogP contribution in [-0.2, 0) is 62.4 Å². The van der Waals surface area contributed by atoms with E-state index in [0.29, 0.717) is 19.3 Å². The Bertz CT molecular complexity index is 1170. The topological polar surface area (TPSA) is 300 Å². The lowest BCUT2D eigenvalue weighted by Crippen LogP contribution is -2.68. The summed E-state index contributed by atoms with van der Waals surface area (Å²) in [5.74, 6) is -0.924. The molecule has 0 radical (unpaired) electrons. The Kier molecular flexibility index (Phi) is 16.6. The van der Waals surface area contributed by atoms with Crippen LogP contribution < -0.4 is 5.32 Å². The third kappa shape index (κ3) is 13.5. The fourth-order valence-corrected chi connectivity index (χ4v) is 5.67. The molecule has 0 spiro atoms. The molecule has 2 aliphatic heterocycles. The van der Waals surface area contributed by atoms with Gasteiger partial charge in [0.15, 0.2) is 12.6 Å². The van der Waals surface area contributed by atoms with Crippen molar-refractivity contribution >= 4 is 32.7 Å². The average Bonchev–Trinajstić information content (AvgIpc) is 2.96. The minimum atomic E-state index is -5.34. The molecular weight excluding hydrogens is 670 g/mol. The van der Waals surface area contributed by atoms with Gasteiger partial charge in [0, 0.05) is 20.0 Å². The Balaban J connectivity index is 2.17. The molecule has 0 aromatic carbocycles. The normalized spacial score (nSPS) is 32.2. The maximum Gasteiger partial charge on any atom is 0.397 e. The molecule has 0 aromatic rings. The highest BCUT2D eigenvalue weighted by Gasteiger charge is 2.53. The van der Waals surface area contributed by atoms with Gasteiger partial charge < -0.3 is 49.4 Å². The predicted molar refractivity (Wildman–Crippen MR) is 149 cm³/mol. The van der Waals surface area contributed by atoms with Crippen molar-refractivity contribution in [3.05, 3.63) is 0 Å². The number of unbranched alkanes of at least 4 members (excludes halogenated alkanes) is 5. The first-order valence-corrected chi connectivity index (χ1v) is 17.0. The van der Waals surface area contributed by atoms with E-state index >= 15 is 0 Å². The number of carbonyl (C=O) groups excluding carboxylic acids is 2. The van der Waals surface area contributed by atoms with Crippen molar-refractivity contribution in [3.8, 4) is 0 Å². The van der Waals surface area contributed by atoms with Crippen LogP contribution in [0.2, 0.25) is 0 Å². The number of amides is 1. The van der Waals surface area contributed by atoms with Crippen molar-refractivity contribution < 1.29 is 88.0 Å². The number of aliphatic hydroxyl groups is 4. The van der Waals surface area contributed by atoms with Gasteiger partial charge in [-0.3, -0.25) is 18.7 Å². The van der Waals surface area contributed by atoms with Crippen LogP contribution in [0.15, 0.2) is 0 Å². The molecule has 0 unspecified atom stereocenters. The van der Waals surface area contributed by atoms with Crippen LogP contribution in [-0.4, -0.2) is 147 Å². The second-order valence-corrected chi connectivity index (χ2v) is 12.7. The van der Waals surface area contributed by atoms with Crippen molar-refractivity contribution in [3.63, 3.8) is 0 Å². The van der Waals surface area contributed by atoms with E-state index < -0.39 is 101 Å². The van der Waals surface area contributed by atoms with Gasteiger partial charge in [-0.1, -0.05) is 25.7 Å². The quantitative estimate of drug-likeness (QED) is 0.0408. The van der Waals surface area contributed by atoms with Crippen LogP contribution in [0, 0.1) is 0 Å². The summed E-state index contributed by atoms with van der Waals surface area (Å²) in [5, 5.41) is 44.5. The van der Waals surface area contributed by atoms with E-state index in [0.717, 1.165) is 32.6 Å². The number of nitrogens with one attached hydrogen (secondary N) is 1. The molecule has 46 heavy (non-hydrogen) atoms. The van der Waals surface area contributed by atoms with Crippen LogP contribution in [0.1, 0.15) is 51.9 Å². The second kappa shape index (κ2) is 18.8. The minimum Gasteiger partial charge on any atom is -0.469 e. The zero-order chi connectivity index (χ0) is 34.7. The zero-order valence-electron chi connectivity index (χ0n) is 25.2. The van der Waals surface area contributed by atoms with Gasteiger partial charge in [-0.05, 0) is 12.8 Å². The minimum absolute atomic E-state index is 0.0952. The third-order valence-electron chi connectivity index (χ3n) is 7.06. The summed E-state index contributed by atoms with van der Waals surface area (Å²) in [7, 11) is -9.11. The molecule has 7 N–H and O–H groups in total. The summed E-state index contributed by atoms with van der Waals surface area (Å²) in [5.41, 5.74) is 0. The summed E-state index contributed by atoms with van der Waals surface area (Å²) in [6, 6.07) is -1.34. The van der Waals surface area contributed by atoms with Crippen molar-refractivity contribution in [1.82, 2.24) is 5.32 Å². The molecule has 2 aliphatic rings. The molecule has 2 rings (SSSR count). The fraction of sp³-hybridized carbons (Fsp3) is 0.917. The number of rotatable bonds is 19. The molecule has 20 nitrogen and oxygen atoms in total. The van der Waals surface area contributed by atoms with Crippen LogP contribution in [0.5, 0.6) is 0 Å². The molecule has 0 aliphatic carbocycles. The predicted octanol–water partition coefficient (Wildman–Crippen LogP) is -2.67. The second-order valence-electron chi connectivity index (χ2n) is 10.6. The van der Waals surface area contributed by atoms with Crippen molar-refractivity contribution in [1.29, 1.82) is 0 Å². The van der Waals surface area contributed by atoms with Gasteiger partial charge in [-0.25, -0.2) is 8.37 Å². The van der Waals surface area contributed by atoms with E-state index in [1.807, 2.05) is 0 Å². The summed E-state index contributed by atoms with van der Waals surface area (Å²) < 4.78 is 98.7. The van der Waals surface area contributed by atoms with Gasteiger partial charge in [-0.2, -0.15) is 16.8 Å². The smallest absolute Gasteiger partial charge is 0.397 e. The number of hydrogen-bond acceptors (Lipinski definition) is 17. The number of carbonyl (C=O) groups is 2. The number of aliphatic hydroxyl groups excluding tert-OH is 4. The van der Waals surface area contributed by atoms with Gasteiger partial charge in [0.1, 0.15) is 48.8 Å². The van der Waals surface area contributed by atoms with Gasteiger partial charge in [0.25, 0.3) is 0 Å². The summed E-state index contributed by atoms with van der Waals surface area (Å²) in [6.45, 7) is -0.706. The Morgan fingerprint density at radius 1 is 0.804 bits per heavy atom. The molecule has 2 heterocycles. The van der Waals surface area contributed by atoms with Crippen molar-refractivity contribution in [2.45, 2.75) is 113 Å². The first-order valence-electron chi connectivity index (χ1n) is 14.3. The highest BCUT2D eigenvalue weighted by atomic mass is 32.3. The number of methoxy groups -OCH3 is 1. The summed E-state index contributed by atoms with van der Waals surface area (Å²) >= 11 is 0. The molecule has 270 valence electrons. The lowest BCUT2D eigenvalue weighted by Gasteiger charge is -2.47. The summed E-state index contributed by atoms with van der Waals surface area (Å²) in [6.07, 6.45) is -11.9. The van der Waals surface area contributed by atoms with Crippen LogP contribution >= 0.6 is 0 Å².